The summed E-state index contributed by atoms with van der Waals surface area (Å²) < 4.78 is 10.7. The lowest BCUT2D eigenvalue weighted by atomic mass is 10.0. The minimum atomic E-state index is -0.693. The Kier molecular flexibility index (Phi) is 8.92. The van der Waals surface area contributed by atoms with E-state index < -0.39 is 34.1 Å². The highest BCUT2D eigenvalue weighted by atomic mass is 16.6. The van der Waals surface area contributed by atoms with Crippen LogP contribution in [0.5, 0.6) is 0 Å². The summed E-state index contributed by atoms with van der Waals surface area (Å²) in [5.74, 6) is -1.07. The fraction of sp³-hybridized carbons (Fsp3) is 0.619. The van der Waals surface area contributed by atoms with Crippen molar-refractivity contribution in [1.29, 1.82) is 0 Å². The van der Waals surface area contributed by atoms with Crippen LogP contribution in [-0.2, 0) is 25.5 Å². The van der Waals surface area contributed by atoms with E-state index in [1.165, 1.54) is 17.0 Å². The Hall–Kier alpha value is -2.52. The van der Waals surface area contributed by atoms with Crippen molar-refractivity contribution in [3.05, 3.63) is 39.9 Å². The van der Waals surface area contributed by atoms with Gasteiger partial charge in [-0.25, -0.2) is 0 Å². The van der Waals surface area contributed by atoms with Crippen molar-refractivity contribution >= 4 is 17.6 Å². The second kappa shape index (κ2) is 10.5. The number of rotatable bonds is 9. The third-order valence-corrected chi connectivity index (χ3v) is 3.85. The van der Waals surface area contributed by atoms with Crippen LogP contribution >= 0.6 is 0 Å². The Bertz CT molecular complexity index is 703. The number of carbonyl (C=O) groups excluding carboxylic acids is 2. The number of nitrogens with zero attached hydrogens (tertiary/aromatic N) is 2. The van der Waals surface area contributed by atoms with Gasteiger partial charge in [-0.05, 0) is 53.5 Å². The molecule has 1 aromatic carbocycles. The molecule has 0 aliphatic rings. The van der Waals surface area contributed by atoms with E-state index in [-0.39, 0.29) is 31.8 Å². The predicted molar refractivity (Wildman–Crippen MR) is 111 cm³/mol. The summed E-state index contributed by atoms with van der Waals surface area (Å²) in [5, 5.41) is 20.8. The molecule has 0 radical (unpaired) electrons. The summed E-state index contributed by atoms with van der Waals surface area (Å²) in [6, 6.07) is 5.32. The molecule has 1 N–H and O–H groups in total. The molecular weight excluding hydrogens is 392 g/mol. The number of hydrogen-bond acceptors (Lipinski definition) is 8. The van der Waals surface area contributed by atoms with Gasteiger partial charge >= 0.3 is 11.9 Å². The second-order valence-corrected chi connectivity index (χ2v) is 9.04. The summed E-state index contributed by atoms with van der Waals surface area (Å²) >= 11 is 0. The van der Waals surface area contributed by atoms with Crippen molar-refractivity contribution in [2.45, 2.75) is 65.2 Å². The van der Waals surface area contributed by atoms with Crippen LogP contribution in [0.25, 0.3) is 0 Å². The molecule has 1 unspecified atom stereocenters. The van der Waals surface area contributed by atoms with Crippen LogP contribution < -0.4 is 0 Å². The molecular formula is C21H32N2O7. The van der Waals surface area contributed by atoms with Crippen molar-refractivity contribution < 1.29 is 29.1 Å². The number of hydrogen-bond donors (Lipinski definition) is 1. The Balaban J connectivity index is 3.00. The van der Waals surface area contributed by atoms with Crippen LogP contribution in [0.2, 0.25) is 0 Å². The molecule has 0 amide bonds. The number of nitro benzene ring substituents is 1. The molecule has 9 nitrogen and oxygen atoms in total. The fourth-order valence-corrected chi connectivity index (χ4v) is 2.73. The lowest BCUT2D eigenvalue weighted by molar-refractivity contribution is -0.384. The number of nitro groups is 1. The zero-order valence-corrected chi connectivity index (χ0v) is 18.5. The van der Waals surface area contributed by atoms with E-state index in [9.17, 15) is 24.8 Å². The first-order valence-electron chi connectivity index (χ1n) is 9.72. The Morgan fingerprint density at radius 2 is 1.43 bits per heavy atom. The summed E-state index contributed by atoms with van der Waals surface area (Å²) in [7, 11) is 0. The third-order valence-electron chi connectivity index (χ3n) is 3.85. The second-order valence-electron chi connectivity index (χ2n) is 9.04. The maximum atomic E-state index is 12.4. The van der Waals surface area contributed by atoms with Gasteiger partial charge in [0.1, 0.15) is 11.2 Å². The lowest BCUT2D eigenvalue weighted by Crippen LogP contribution is -2.47. The molecule has 0 spiro atoms. The number of esters is 2. The van der Waals surface area contributed by atoms with Crippen molar-refractivity contribution in [3.63, 3.8) is 0 Å². The van der Waals surface area contributed by atoms with Gasteiger partial charge in [0.05, 0.1) is 24.6 Å². The predicted octanol–water partition coefficient (Wildman–Crippen LogP) is 2.48. The first-order chi connectivity index (χ1) is 13.7. The Morgan fingerprint density at radius 1 is 1.00 bits per heavy atom. The van der Waals surface area contributed by atoms with Crippen molar-refractivity contribution in [1.82, 2.24) is 4.90 Å². The highest BCUT2D eigenvalue weighted by Gasteiger charge is 2.28. The molecule has 0 aromatic heterocycles. The Labute approximate surface area is 177 Å². The van der Waals surface area contributed by atoms with Crippen LogP contribution in [0.4, 0.5) is 5.69 Å². The average molecular weight is 424 g/mol. The van der Waals surface area contributed by atoms with E-state index in [1.807, 2.05) is 0 Å². The van der Waals surface area contributed by atoms with Gasteiger partial charge in [0.2, 0.25) is 0 Å². The zero-order chi connectivity index (χ0) is 23.1. The summed E-state index contributed by atoms with van der Waals surface area (Å²) in [5.41, 5.74) is -0.708. The minimum absolute atomic E-state index is 0.0429. The highest BCUT2D eigenvalue weighted by Crippen LogP contribution is 2.17. The molecule has 0 aliphatic carbocycles. The summed E-state index contributed by atoms with van der Waals surface area (Å²) in [6.45, 7) is 9.68. The van der Waals surface area contributed by atoms with Gasteiger partial charge in [-0.2, -0.15) is 0 Å². The van der Waals surface area contributed by atoms with E-state index in [1.54, 1.807) is 53.7 Å². The van der Waals surface area contributed by atoms with Crippen molar-refractivity contribution in [2.75, 3.05) is 19.7 Å². The zero-order valence-electron chi connectivity index (χ0n) is 18.5. The molecule has 9 heteroatoms. The van der Waals surface area contributed by atoms with Crippen LogP contribution in [0.3, 0.4) is 0 Å². The van der Waals surface area contributed by atoms with Gasteiger partial charge in [0.25, 0.3) is 5.69 Å². The van der Waals surface area contributed by atoms with Crippen LogP contribution in [0.1, 0.15) is 47.1 Å². The molecule has 1 aromatic rings. The number of carbonyl (C=O) groups is 2. The first-order valence-corrected chi connectivity index (χ1v) is 9.72. The van der Waals surface area contributed by atoms with E-state index in [0.29, 0.717) is 0 Å². The largest absolute Gasteiger partial charge is 0.459 e. The highest BCUT2D eigenvalue weighted by molar-refractivity contribution is 5.75. The fourth-order valence-electron chi connectivity index (χ4n) is 2.73. The molecule has 168 valence electrons. The monoisotopic (exact) mass is 424 g/mol. The van der Waals surface area contributed by atoms with Crippen molar-refractivity contribution in [3.8, 4) is 0 Å². The summed E-state index contributed by atoms with van der Waals surface area (Å²) in [4.78, 5) is 36.5. The molecule has 30 heavy (non-hydrogen) atoms. The Morgan fingerprint density at radius 3 is 1.77 bits per heavy atom. The van der Waals surface area contributed by atoms with Crippen LogP contribution in [0.15, 0.2) is 24.3 Å². The molecule has 0 saturated heterocycles. The smallest absolute Gasteiger partial charge is 0.320 e. The maximum absolute atomic E-state index is 12.4. The third kappa shape index (κ3) is 9.80. The number of aliphatic hydroxyl groups is 1. The van der Waals surface area contributed by atoms with Gasteiger partial charge < -0.3 is 14.6 Å². The van der Waals surface area contributed by atoms with Crippen LogP contribution in [0, 0.1) is 10.1 Å². The van der Waals surface area contributed by atoms with Gasteiger partial charge in [-0.15, -0.1) is 0 Å². The number of aliphatic hydroxyl groups excluding tert-OH is 1. The van der Waals surface area contributed by atoms with Gasteiger partial charge in [0.15, 0.2) is 0 Å². The standard InChI is InChI=1S/C21H32N2O7/c1-20(2,3)29-18(25)12-22(13-19(26)30-21(4,5)6)17(14-24)11-15-7-9-16(10-8-15)23(27)28/h7-10,17,24H,11-14H2,1-6H3. The number of benzene rings is 1. The first kappa shape index (κ1) is 25.5. The lowest BCUT2D eigenvalue weighted by Gasteiger charge is -2.31. The summed E-state index contributed by atoms with van der Waals surface area (Å²) in [6.07, 6.45) is 0.278. The topological polar surface area (TPSA) is 119 Å². The van der Waals surface area contributed by atoms with E-state index in [2.05, 4.69) is 0 Å². The van der Waals surface area contributed by atoms with Gasteiger partial charge in [-0.3, -0.25) is 24.6 Å². The van der Waals surface area contributed by atoms with Crippen LogP contribution in [-0.4, -0.2) is 63.8 Å². The molecule has 1 rings (SSSR count). The number of non-ortho nitro benzene ring substituents is 1. The molecule has 0 heterocycles. The van der Waals surface area contributed by atoms with E-state index >= 15 is 0 Å². The quantitative estimate of drug-likeness (QED) is 0.365. The molecule has 0 aliphatic heterocycles. The van der Waals surface area contributed by atoms with E-state index in [4.69, 9.17) is 9.47 Å². The average Bonchev–Trinajstić information content (AvgIpc) is 2.56. The van der Waals surface area contributed by atoms with Gasteiger partial charge in [-0.1, -0.05) is 12.1 Å². The molecule has 0 saturated carbocycles. The SMILES string of the molecule is CC(C)(C)OC(=O)CN(CC(=O)OC(C)(C)C)C(CO)Cc1ccc([N+](=O)[O-])cc1. The molecule has 0 bridgehead atoms. The normalized spacial score (nSPS) is 13.1. The van der Waals surface area contributed by atoms with Gasteiger partial charge in [0, 0.05) is 18.2 Å². The molecule has 1 atom stereocenters. The maximum Gasteiger partial charge on any atom is 0.320 e. The van der Waals surface area contributed by atoms with E-state index in [0.717, 1.165) is 5.56 Å². The molecule has 0 fully saturated rings. The van der Waals surface area contributed by atoms with Crippen molar-refractivity contribution in [2.24, 2.45) is 0 Å². The number of ether oxygens (including phenoxy) is 2. The minimum Gasteiger partial charge on any atom is -0.459 e.